The zero-order valence-electron chi connectivity index (χ0n) is 18.0. The van der Waals surface area contributed by atoms with Gasteiger partial charge in [-0.1, -0.05) is 36.4 Å². The zero-order chi connectivity index (χ0) is 21.5. The van der Waals surface area contributed by atoms with E-state index in [0.29, 0.717) is 12.8 Å². The van der Waals surface area contributed by atoms with E-state index in [-0.39, 0.29) is 11.9 Å². The van der Waals surface area contributed by atoms with Gasteiger partial charge >= 0.3 is 0 Å². The number of hydrogen-bond donors (Lipinski definition) is 1. The molecule has 6 heteroatoms. The van der Waals surface area contributed by atoms with E-state index in [0.717, 1.165) is 55.6 Å². The summed E-state index contributed by atoms with van der Waals surface area (Å²) in [4.78, 5) is 21.5. The van der Waals surface area contributed by atoms with Crippen molar-refractivity contribution in [3.05, 3.63) is 72.6 Å². The maximum atomic E-state index is 12.4. The number of aromatic nitrogens is 1. The lowest BCUT2D eigenvalue weighted by Crippen LogP contribution is -2.51. The van der Waals surface area contributed by atoms with Crippen LogP contribution in [0.15, 0.2) is 71.3 Å². The highest BCUT2D eigenvalue weighted by atomic mass is 16.3. The first-order chi connectivity index (χ1) is 15.2. The van der Waals surface area contributed by atoms with Crippen LogP contribution in [-0.4, -0.2) is 54.6 Å². The normalized spacial score (nSPS) is 15.6. The first kappa shape index (κ1) is 21.1. The molecule has 6 nitrogen and oxygen atoms in total. The van der Waals surface area contributed by atoms with Gasteiger partial charge in [-0.25, -0.2) is 4.98 Å². The third-order valence-corrected chi connectivity index (χ3v) is 5.60. The molecule has 1 unspecified atom stereocenters. The largest absolute Gasteiger partial charge is 0.461 e. The minimum atomic E-state index is 0.0669. The Morgan fingerprint density at radius 1 is 1.03 bits per heavy atom. The number of hydrogen-bond acceptors (Lipinski definition) is 5. The molecule has 162 valence electrons. The predicted octanol–water partition coefficient (Wildman–Crippen LogP) is 3.60. The molecule has 1 aliphatic rings. The van der Waals surface area contributed by atoms with Gasteiger partial charge in [0.15, 0.2) is 0 Å². The van der Waals surface area contributed by atoms with Gasteiger partial charge in [-0.15, -0.1) is 0 Å². The van der Waals surface area contributed by atoms with Crippen molar-refractivity contribution in [2.45, 2.75) is 25.8 Å². The monoisotopic (exact) mass is 418 g/mol. The van der Waals surface area contributed by atoms with Crippen LogP contribution in [0.1, 0.15) is 19.1 Å². The number of pyridine rings is 1. The molecule has 0 saturated carbocycles. The SMILES string of the molecule is CC(CN1CCN(c2ccccn2)CC1)NC(=O)CCc1ccc(-c2ccccc2)o1. The molecule has 3 heterocycles. The summed E-state index contributed by atoms with van der Waals surface area (Å²) in [6, 6.07) is 20.1. The number of carbonyl (C=O) groups excluding carboxylic acids is 1. The molecule has 1 fully saturated rings. The lowest BCUT2D eigenvalue weighted by Gasteiger charge is -2.36. The van der Waals surface area contributed by atoms with Crippen molar-refractivity contribution in [2.75, 3.05) is 37.6 Å². The Morgan fingerprint density at radius 2 is 1.81 bits per heavy atom. The van der Waals surface area contributed by atoms with Crippen molar-refractivity contribution >= 4 is 11.7 Å². The van der Waals surface area contributed by atoms with E-state index in [1.807, 2.05) is 60.8 Å². The fourth-order valence-electron chi connectivity index (χ4n) is 3.99. The Balaban J connectivity index is 1.17. The number of nitrogens with zero attached hydrogens (tertiary/aromatic N) is 3. The molecule has 31 heavy (non-hydrogen) atoms. The van der Waals surface area contributed by atoms with Crippen molar-refractivity contribution < 1.29 is 9.21 Å². The maximum Gasteiger partial charge on any atom is 0.220 e. The van der Waals surface area contributed by atoms with Crippen LogP contribution < -0.4 is 10.2 Å². The molecule has 1 saturated heterocycles. The molecular formula is C25H30N4O2. The number of amides is 1. The topological polar surface area (TPSA) is 61.6 Å². The van der Waals surface area contributed by atoms with E-state index in [2.05, 4.69) is 33.1 Å². The molecule has 4 rings (SSSR count). The fraction of sp³-hybridized carbons (Fsp3) is 0.360. The van der Waals surface area contributed by atoms with E-state index in [4.69, 9.17) is 4.42 Å². The second-order valence-electron chi connectivity index (χ2n) is 8.08. The van der Waals surface area contributed by atoms with Gasteiger partial charge < -0.3 is 14.6 Å². The second kappa shape index (κ2) is 10.3. The van der Waals surface area contributed by atoms with Crippen LogP contribution in [-0.2, 0) is 11.2 Å². The van der Waals surface area contributed by atoms with Gasteiger partial charge in [0.1, 0.15) is 17.3 Å². The van der Waals surface area contributed by atoms with Crippen LogP contribution in [0, 0.1) is 0 Å². The summed E-state index contributed by atoms with van der Waals surface area (Å²) in [5.74, 6) is 2.79. The molecule has 1 amide bonds. The molecular weight excluding hydrogens is 388 g/mol. The van der Waals surface area contributed by atoms with E-state index in [9.17, 15) is 4.79 Å². The van der Waals surface area contributed by atoms with Crippen molar-refractivity contribution in [1.82, 2.24) is 15.2 Å². The smallest absolute Gasteiger partial charge is 0.220 e. The Bertz CT molecular complexity index is 950. The van der Waals surface area contributed by atoms with Crippen molar-refractivity contribution in [3.8, 4) is 11.3 Å². The molecule has 0 radical (unpaired) electrons. The van der Waals surface area contributed by atoms with Gasteiger partial charge in [-0.05, 0) is 31.2 Å². The van der Waals surface area contributed by atoms with Gasteiger partial charge in [0.25, 0.3) is 0 Å². The minimum Gasteiger partial charge on any atom is -0.461 e. The maximum absolute atomic E-state index is 12.4. The number of nitrogens with one attached hydrogen (secondary N) is 1. The summed E-state index contributed by atoms with van der Waals surface area (Å²) >= 11 is 0. The van der Waals surface area contributed by atoms with Gasteiger partial charge in [-0.2, -0.15) is 0 Å². The van der Waals surface area contributed by atoms with E-state index in [1.54, 1.807) is 0 Å². The Labute approximate surface area is 183 Å². The number of rotatable bonds is 8. The summed E-state index contributed by atoms with van der Waals surface area (Å²) in [6.45, 7) is 6.81. The summed E-state index contributed by atoms with van der Waals surface area (Å²) in [5, 5.41) is 3.13. The molecule has 1 N–H and O–H groups in total. The molecule has 1 aromatic carbocycles. The van der Waals surface area contributed by atoms with E-state index in [1.165, 1.54) is 0 Å². The summed E-state index contributed by atoms with van der Waals surface area (Å²) in [7, 11) is 0. The number of benzene rings is 1. The number of furan rings is 1. The zero-order valence-corrected chi connectivity index (χ0v) is 18.0. The van der Waals surface area contributed by atoms with Gasteiger partial charge in [0.05, 0.1) is 0 Å². The molecule has 3 aromatic rings. The first-order valence-electron chi connectivity index (χ1n) is 11.0. The number of aryl methyl sites for hydroxylation is 1. The highest BCUT2D eigenvalue weighted by Crippen LogP contribution is 2.22. The van der Waals surface area contributed by atoms with Crippen LogP contribution in [0.3, 0.4) is 0 Å². The molecule has 0 spiro atoms. The Hall–Kier alpha value is -3.12. The van der Waals surface area contributed by atoms with Crippen LogP contribution >= 0.6 is 0 Å². The van der Waals surface area contributed by atoms with Gasteiger partial charge in [0.2, 0.25) is 5.91 Å². The van der Waals surface area contributed by atoms with Gasteiger partial charge in [-0.3, -0.25) is 9.69 Å². The molecule has 0 aliphatic carbocycles. The molecule has 0 bridgehead atoms. The lowest BCUT2D eigenvalue weighted by molar-refractivity contribution is -0.121. The number of carbonyl (C=O) groups is 1. The van der Waals surface area contributed by atoms with Gasteiger partial charge in [0, 0.05) is 63.4 Å². The standard InChI is InChI=1S/C25H30N4O2/c1-20(19-28-15-17-29(18-16-28)24-9-5-6-14-26-24)27-25(30)13-11-22-10-12-23(31-22)21-7-3-2-4-8-21/h2-10,12,14,20H,11,13,15-19H2,1H3,(H,27,30). The van der Waals surface area contributed by atoms with E-state index < -0.39 is 0 Å². The minimum absolute atomic E-state index is 0.0669. The number of anilines is 1. The third-order valence-electron chi connectivity index (χ3n) is 5.60. The average molecular weight is 419 g/mol. The Kier molecular flexibility index (Phi) is 6.99. The molecule has 2 aromatic heterocycles. The first-order valence-corrected chi connectivity index (χ1v) is 11.0. The highest BCUT2D eigenvalue weighted by Gasteiger charge is 2.20. The fourth-order valence-corrected chi connectivity index (χ4v) is 3.99. The quantitative estimate of drug-likeness (QED) is 0.606. The summed E-state index contributed by atoms with van der Waals surface area (Å²) in [6.07, 6.45) is 2.87. The Morgan fingerprint density at radius 3 is 2.55 bits per heavy atom. The lowest BCUT2D eigenvalue weighted by atomic mass is 10.2. The summed E-state index contributed by atoms with van der Waals surface area (Å²) in [5.41, 5.74) is 1.05. The van der Waals surface area contributed by atoms with Crippen LogP contribution in [0.4, 0.5) is 5.82 Å². The average Bonchev–Trinajstić information content (AvgIpc) is 3.28. The van der Waals surface area contributed by atoms with Crippen molar-refractivity contribution in [1.29, 1.82) is 0 Å². The number of piperazine rings is 1. The van der Waals surface area contributed by atoms with Crippen molar-refractivity contribution in [2.24, 2.45) is 0 Å². The van der Waals surface area contributed by atoms with Crippen LogP contribution in [0.25, 0.3) is 11.3 Å². The van der Waals surface area contributed by atoms with Crippen LogP contribution in [0.2, 0.25) is 0 Å². The van der Waals surface area contributed by atoms with Crippen LogP contribution in [0.5, 0.6) is 0 Å². The summed E-state index contributed by atoms with van der Waals surface area (Å²) < 4.78 is 5.90. The second-order valence-corrected chi connectivity index (χ2v) is 8.08. The highest BCUT2D eigenvalue weighted by molar-refractivity contribution is 5.76. The van der Waals surface area contributed by atoms with E-state index >= 15 is 0 Å². The molecule has 1 aliphatic heterocycles. The third kappa shape index (κ3) is 5.95. The molecule has 1 atom stereocenters. The van der Waals surface area contributed by atoms with Crippen molar-refractivity contribution in [3.63, 3.8) is 0 Å². The predicted molar refractivity (Wildman–Crippen MR) is 123 cm³/mol.